The molecule has 4 rings (SSSR count). The first-order valence-corrected chi connectivity index (χ1v) is 8.94. The number of carbonyl (C=O) groups excluding carboxylic acids is 3. The Morgan fingerprint density at radius 2 is 1.65 bits per heavy atom. The number of aryl methyl sites for hydroxylation is 2. The fourth-order valence-corrected chi connectivity index (χ4v) is 4.28. The second-order valence-corrected chi connectivity index (χ2v) is 7.41. The van der Waals surface area contributed by atoms with E-state index >= 15 is 0 Å². The highest BCUT2D eigenvalue weighted by molar-refractivity contribution is 6.07. The number of rotatable bonds is 4. The summed E-state index contributed by atoms with van der Waals surface area (Å²) >= 11 is 0. The van der Waals surface area contributed by atoms with Crippen molar-refractivity contribution in [2.24, 2.45) is 11.8 Å². The van der Waals surface area contributed by atoms with Crippen molar-refractivity contribution in [1.29, 1.82) is 0 Å². The Kier molecular flexibility index (Phi) is 3.99. The van der Waals surface area contributed by atoms with Crippen LogP contribution in [0.5, 0.6) is 5.75 Å². The molecule has 3 aliphatic rings. The lowest BCUT2D eigenvalue weighted by atomic mass is 9.81. The third kappa shape index (κ3) is 2.67. The Morgan fingerprint density at radius 3 is 2.19 bits per heavy atom. The molecule has 2 bridgehead atoms. The van der Waals surface area contributed by atoms with Crippen LogP contribution in [0.4, 0.5) is 0 Å². The lowest BCUT2D eigenvalue weighted by molar-refractivity contribution is -0.153. The summed E-state index contributed by atoms with van der Waals surface area (Å²) in [6.45, 7) is 5.48. The van der Waals surface area contributed by atoms with Crippen LogP contribution < -0.4 is 10.2 Å². The minimum atomic E-state index is -0.842. The normalized spacial score (nSPS) is 30.5. The smallest absolute Gasteiger partial charge is 0.279 e. The molecule has 0 aliphatic carbocycles. The van der Waals surface area contributed by atoms with Crippen molar-refractivity contribution < 1.29 is 23.9 Å². The average molecular weight is 358 g/mol. The van der Waals surface area contributed by atoms with Crippen LogP contribution in [-0.2, 0) is 19.1 Å². The molecule has 5 atom stereocenters. The summed E-state index contributed by atoms with van der Waals surface area (Å²) < 4.78 is 11.4. The van der Waals surface area contributed by atoms with Crippen LogP contribution >= 0.6 is 0 Å². The fourth-order valence-electron chi connectivity index (χ4n) is 4.28. The zero-order chi connectivity index (χ0) is 18.6. The van der Waals surface area contributed by atoms with Gasteiger partial charge in [0.25, 0.3) is 17.7 Å². The van der Waals surface area contributed by atoms with Crippen molar-refractivity contribution in [3.63, 3.8) is 0 Å². The molecule has 3 fully saturated rings. The van der Waals surface area contributed by atoms with Crippen LogP contribution in [0.1, 0.15) is 30.9 Å². The number of hydrogen-bond acceptors (Lipinski definition) is 5. The summed E-state index contributed by atoms with van der Waals surface area (Å²) in [5.41, 5.74) is 4.50. The second-order valence-electron chi connectivity index (χ2n) is 7.41. The highest BCUT2D eigenvalue weighted by Gasteiger charge is 2.63. The number of carbonyl (C=O) groups is 3. The molecule has 0 spiro atoms. The van der Waals surface area contributed by atoms with Gasteiger partial charge < -0.3 is 9.47 Å². The van der Waals surface area contributed by atoms with Crippen molar-refractivity contribution in [2.45, 2.75) is 51.9 Å². The van der Waals surface area contributed by atoms with Gasteiger partial charge in [-0.25, -0.2) is 0 Å². The zero-order valence-electron chi connectivity index (χ0n) is 15.0. The molecule has 7 nitrogen and oxygen atoms in total. The number of ether oxygens (including phenoxy) is 2. The van der Waals surface area contributed by atoms with Crippen molar-refractivity contribution in [2.75, 3.05) is 0 Å². The topological polar surface area (TPSA) is 84.9 Å². The van der Waals surface area contributed by atoms with E-state index in [2.05, 4.69) is 5.43 Å². The Hall–Kier alpha value is -2.41. The van der Waals surface area contributed by atoms with Gasteiger partial charge in [0.2, 0.25) is 0 Å². The molecule has 0 saturated carbocycles. The summed E-state index contributed by atoms with van der Waals surface area (Å²) in [7, 11) is 0. The van der Waals surface area contributed by atoms with E-state index in [4.69, 9.17) is 9.47 Å². The number of hydrogen-bond donors (Lipinski definition) is 1. The minimum Gasteiger partial charge on any atom is -0.481 e. The van der Waals surface area contributed by atoms with E-state index in [0.29, 0.717) is 5.75 Å². The lowest BCUT2D eigenvalue weighted by Gasteiger charge is -2.21. The molecule has 1 N–H and O–H groups in total. The number of amides is 3. The number of hydrazine groups is 1. The maximum Gasteiger partial charge on any atom is 0.279 e. The van der Waals surface area contributed by atoms with Crippen LogP contribution in [-0.4, -0.2) is 41.0 Å². The van der Waals surface area contributed by atoms with Gasteiger partial charge in [0.05, 0.1) is 24.0 Å². The minimum absolute atomic E-state index is 0.202. The molecule has 1 aromatic carbocycles. The highest BCUT2D eigenvalue weighted by Crippen LogP contribution is 2.48. The van der Waals surface area contributed by atoms with E-state index in [9.17, 15) is 14.4 Å². The maximum absolute atomic E-state index is 12.6. The molecule has 1 aromatic rings. The van der Waals surface area contributed by atoms with Crippen molar-refractivity contribution in [1.82, 2.24) is 10.4 Å². The Bertz CT molecular complexity index is 744. The fraction of sp³-hybridized carbons (Fsp3) is 0.526. The van der Waals surface area contributed by atoms with Gasteiger partial charge in [-0.1, -0.05) is 6.07 Å². The first kappa shape index (κ1) is 17.0. The molecule has 26 heavy (non-hydrogen) atoms. The van der Waals surface area contributed by atoms with Crippen LogP contribution in [0.3, 0.4) is 0 Å². The van der Waals surface area contributed by atoms with Gasteiger partial charge in [0.15, 0.2) is 6.10 Å². The van der Waals surface area contributed by atoms with Crippen LogP contribution in [0.2, 0.25) is 0 Å². The van der Waals surface area contributed by atoms with E-state index in [1.807, 2.05) is 32.0 Å². The van der Waals surface area contributed by atoms with Gasteiger partial charge in [-0.3, -0.25) is 19.8 Å². The molecule has 3 heterocycles. The number of nitrogens with zero attached hydrogens (tertiary/aromatic N) is 1. The van der Waals surface area contributed by atoms with Crippen LogP contribution in [0, 0.1) is 25.7 Å². The van der Waals surface area contributed by atoms with E-state index in [1.165, 1.54) is 0 Å². The molecule has 3 aliphatic heterocycles. The van der Waals surface area contributed by atoms with Gasteiger partial charge in [0.1, 0.15) is 5.75 Å². The van der Waals surface area contributed by atoms with E-state index in [0.717, 1.165) is 29.0 Å². The van der Waals surface area contributed by atoms with Gasteiger partial charge in [-0.15, -0.1) is 0 Å². The summed E-state index contributed by atoms with van der Waals surface area (Å²) in [6.07, 6.45) is 0.336. The monoisotopic (exact) mass is 358 g/mol. The van der Waals surface area contributed by atoms with E-state index in [-0.39, 0.29) is 24.0 Å². The molecular weight excluding hydrogens is 336 g/mol. The van der Waals surface area contributed by atoms with Crippen LogP contribution in [0.15, 0.2) is 18.2 Å². The zero-order valence-corrected chi connectivity index (χ0v) is 15.0. The largest absolute Gasteiger partial charge is 0.481 e. The molecule has 7 heteroatoms. The van der Waals surface area contributed by atoms with Crippen LogP contribution in [0.25, 0.3) is 0 Å². The standard InChI is InChI=1S/C19H22N2O5/c1-9-6-10(2)8-12(7-9)25-11(3)17(22)20-21-18(23)15-13-4-5-14(26-13)16(15)19(21)24/h6-8,11,13-16H,4-5H2,1-3H3,(H,20,22)/t11-,13-,14+,15+,16+/m1/s1. The Morgan fingerprint density at radius 1 is 1.12 bits per heavy atom. The number of nitrogens with one attached hydrogen (secondary N) is 1. The quantitative estimate of drug-likeness (QED) is 0.819. The summed E-state index contributed by atoms with van der Waals surface area (Å²) in [4.78, 5) is 37.6. The van der Waals surface area contributed by atoms with Gasteiger partial charge in [-0.2, -0.15) is 5.01 Å². The molecular formula is C19H22N2O5. The number of benzene rings is 1. The molecule has 138 valence electrons. The first-order valence-electron chi connectivity index (χ1n) is 8.94. The predicted octanol–water partition coefficient (Wildman–Crippen LogP) is 1.26. The number of imide groups is 1. The average Bonchev–Trinajstić information content (AvgIpc) is 3.23. The Balaban J connectivity index is 1.43. The third-order valence-corrected chi connectivity index (χ3v) is 5.38. The van der Waals surface area contributed by atoms with Gasteiger partial charge in [-0.05, 0) is 56.9 Å². The maximum atomic E-state index is 12.6. The van der Waals surface area contributed by atoms with Crippen molar-refractivity contribution in [3.05, 3.63) is 29.3 Å². The molecule has 0 unspecified atom stereocenters. The first-order chi connectivity index (χ1) is 12.3. The van der Waals surface area contributed by atoms with Crippen molar-refractivity contribution >= 4 is 17.7 Å². The molecule has 0 aromatic heterocycles. The lowest BCUT2D eigenvalue weighted by Crippen LogP contribution is -2.51. The third-order valence-electron chi connectivity index (χ3n) is 5.38. The SMILES string of the molecule is Cc1cc(C)cc(O[C@H](C)C(=O)NN2C(=O)[C@@H]3[C@@H](C2=O)[C@H]2CC[C@@H]3O2)c1. The Labute approximate surface area is 151 Å². The molecule has 3 amide bonds. The summed E-state index contributed by atoms with van der Waals surface area (Å²) in [5, 5.41) is 0.868. The van der Waals surface area contributed by atoms with Gasteiger partial charge >= 0.3 is 0 Å². The molecule has 0 radical (unpaired) electrons. The number of fused-ring (bicyclic) bond motifs is 5. The summed E-state index contributed by atoms with van der Waals surface area (Å²) in [6, 6.07) is 5.68. The molecule has 3 saturated heterocycles. The van der Waals surface area contributed by atoms with Crippen molar-refractivity contribution in [3.8, 4) is 5.75 Å². The highest BCUT2D eigenvalue weighted by atomic mass is 16.5. The van der Waals surface area contributed by atoms with E-state index in [1.54, 1.807) is 6.92 Å². The summed E-state index contributed by atoms with van der Waals surface area (Å²) in [5.74, 6) is -1.63. The van der Waals surface area contributed by atoms with Gasteiger partial charge in [0, 0.05) is 0 Å². The predicted molar refractivity (Wildman–Crippen MR) is 90.9 cm³/mol. The second kappa shape index (κ2) is 6.09. The van der Waals surface area contributed by atoms with E-state index < -0.39 is 23.8 Å².